The zero-order valence-electron chi connectivity index (χ0n) is 12.3. The Morgan fingerprint density at radius 3 is 0.370 bits per heavy atom. The standard InChI is InChI=1S/K.5H3O4P.Si/c;5*1-5(2,3)4;/h;5*(H3,1,2,3,4);/q+1;;;;;;+4/p-5. The van der Waals surface area contributed by atoms with Gasteiger partial charge in [-0.05, 0) is 0 Å². The Balaban J connectivity index is -0.0000000364. The Morgan fingerprint density at radius 2 is 0.370 bits per heavy atom. The van der Waals surface area contributed by atoms with Crippen molar-refractivity contribution in [2.45, 2.75) is 0 Å². The van der Waals surface area contributed by atoms with Crippen LogP contribution in [0.25, 0.3) is 0 Å². The molecule has 0 aromatic carbocycles. The average Bonchev–Trinajstić information content (AvgIpc) is 1.79. The molecule has 27 heavy (non-hydrogen) atoms. The second-order valence-electron chi connectivity index (χ2n) is 2.45. The topological polar surface area (TPSA) is 403 Å². The summed E-state index contributed by atoms with van der Waals surface area (Å²) < 4.78 is 43.9. The van der Waals surface area contributed by atoms with Gasteiger partial charge >= 0.3 is 62.3 Å². The van der Waals surface area contributed by atoms with Gasteiger partial charge in [0.05, 0.1) is 0 Å². The van der Waals surface area contributed by atoms with E-state index in [0.717, 1.165) is 0 Å². The van der Waals surface area contributed by atoms with Crippen LogP contribution in [0.15, 0.2) is 0 Å². The fraction of sp³-hybridized carbons (Fsp3) is 0. The Kier molecular flexibility index (Phi) is 35.6. The minimum atomic E-state index is -4.89. The molecular weight excluding hydrogens is 542 g/mol. The van der Waals surface area contributed by atoms with Gasteiger partial charge in [0.25, 0.3) is 39.1 Å². The Morgan fingerprint density at radius 1 is 0.370 bits per heavy atom. The Labute approximate surface area is 196 Å². The first-order valence-corrected chi connectivity index (χ1v) is 11.5. The quantitative estimate of drug-likeness (QED) is 0.0984. The Bertz CT molecular complexity index is 377. The summed E-state index contributed by atoms with van der Waals surface area (Å²) in [5.41, 5.74) is 0. The van der Waals surface area contributed by atoms with Crippen LogP contribution in [0.2, 0.25) is 0 Å². The van der Waals surface area contributed by atoms with Crippen LogP contribution in [0.5, 0.6) is 0 Å². The predicted molar refractivity (Wildman–Crippen MR) is 66.0 cm³/mol. The van der Waals surface area contributed by atoms with Crippen molar-refractivity contribution >= 4 is 50.1 Å². The average molecular weight is 552 g/mol. The molecule has 0 spiro atoms. The molecular formula is H10KO20P5Si. The van der Waals surface area contributed by atoms with E-state index in [1.807, 2.05) is 0 Å². The van der Waals surface area contributed by atoms with Gasteiger partial charge in [-0.3, -0.25) is 22.8 Å². The normalized spacial score (nSPS) is 10.9. The smallest absolute Gasteiger partial charge is 0.756 e. The van der Waals surface area contributed by atoms with E-state index in [1.54, 1.807) is 0 Å². The van der Waals surface area contributed by atoms with E-state index < -0.39 is 39.1 Å². The van der Waals surface area contributed by atoms with Crippen LogP contribution in [0, 0.1) is 0 Å². The van der Waals surface area contributed by atoms with Gasteiger partial charge in [0.2, 0.25) is 0 Å². The van der Waals surface area contributed by atoms with Crippen LogP contribution in [0.1, 0.15) is 0 Å². The molecule has 0 aliphatic heterocycles. The number of rotatable bonds is 0. The van der Waals surface area contributed by atoms with E-state index >= 15 is 0 Å². The summed E-state index contributed by atoms with van der Waals surface area (Å²) >= 11 is 0. The second-order valence-corrected chi connectivity index (χ2v) is 7.36. The van der Waals surface area contributed by atoms with Crippen molar-refractivity contribution in [2.75, 3.05) is 0 Å². The number of hydrogen-bond acceptors (Lipinski definition) is 10. The summed E-state index contributed by atoms with van der Waals surface area (Å²) in [7, 11) is -24.4. The minimum Gasteiger partial charge on any atom is -0.756 e. The molecule has 0 saturated heterocycles. The van der Waals surface area contributed by atoms with Crippen LogP contribution in [-0.4, -0.2) is 59.9 Å². The molecule has 0 saturated carbocycles. The third-order valence-corrected chi connectivity index (χ3v) is 0. The minimum absolute atomic E-state index is 0. The molecule has 0 heterocycles. The van der Waals surface area contributed by atoms with E-state index in [-0.39, 0.29) is 62.3 Å². The molecule has 0 atom stereocenters. The maximum Gasteiger partial charge on any atom is 4.00 e. The molecule has 0 aromatic rings. The first kappa shape index (κ1) is 47.3. The Hall–Kier alpha value is 2.40. The van der Waals surface area contributed by atoms with Gasteiger partial charge in [0, 0.05) is 0 Å². The van der Waals surface area contributed by atoms with Crippen molar-refractivity contribution in [1.29, 1.82) is 0 Å². The zero-order chi connectivity index (χ0) is 22.5. The van der Waals surface area contributed by atoms with E-state index in [9.17, 15) is 0 Å². The van der Waals surface area contributed by atoms with E-state index in [4.69, 9.17) is 96.2 Å². The molecule has 0 rings (SSSR count). The fourth-order valence-corrected chi connectivity index (χ4v) is 0. The summed E-state index contributed by atoms with van der Waals surface area (Å²) in [4.78, 5) is 115. The summed E-state index contributed by atoms with van der Waals surface area (Å²) in [6, 6.07) is 0. The molecule has 27 heteroatoms. The van der Waals surface area contributed by atoms with Crippen molar-refractivity contribution in [3.05, 3.63) is 0 Å². The zero-order valence-corrected chi connectivity index (χ0v) is 20.9. The van der Waals surface area contributed by atoms with E-state index in [0.29, 0.717) is 0 Å². The van der Waals surface area contributed by atoms with Gasteiger partial charge in [-0.15, -0.1) is 0 Å². The van der Waals surface area contributed by atoms with Gasteiger partial charge < -0.3 is 73.4 Å². The molecule has 0 aliphatic carbocycles. The molecule has 0 bridgehead atoms. The molecule has 0 fully saturated rings. The third-order valence-electron chi connectivity index (χ3n) is 0. The van der Waals surface area contributed by atoms with Gasteiger partial charge in [0.1, 0.15) is 0 Å². The molecule has 0 radical (unpaired) electrons. The SMILES string of the molecule is O=P([O-])(O)O.O=P([O-])(O)O.O=P([O-])(O)O.O=P([O-])(O)O.O=P([O-])(O)O.[K+].[Si+4]. The van der Waals surface area contributed by atoms with E-state index in [2.05, 4.69) is 0 Å². The monoisotopic (exact) mass is 552 g/mol. The number of phosphoric acid groups is 5. The van der Waals surface area contributed by atoms with Crippen LogP contribution in [-0.2, 0) is 22.8 Å². The second kappa shape index (κ2) is 20.3. The van der Waals surface area contributed by atoms with Crippen molar-refractivity contribution < 1.29 is 148 Å². The molecule has 0 unspecified atom stereocenters. The van der Waals surface area contributed by atoms with Crippen LogP contribution >= 0.6 is 39.1 Å². The van der Waals surface area contributed by atoms with Gasteiger partial charge in [-0.25, -0.2) is 0 Å². The summed E-state index contributed by atoms with van der Waals surface area (Å²) in [6.45, 7) is 0. The number of hydrogen-bond donors (Lipinski definition) is 10. The van der Waals surface area contributed by atoms with Gasteiger partial charge in [-0.2, -0.15) is 0 Å². The van der Waals surface area contributed by atoms with Crippen molar-refractivity contribution in [3.8, 4) is 0 Å². The largest absolute Gasteiger partial charge is 4.00 e. The molecule has 10 N–H and O–H groups in total. The van der Waals surface area contributed by atoms with Crippen LogP contribution in [0.4, 0.5) is 0 Å². The first-order valence-electron chi connectivity index (χ1n) is 3.83. The third kappa shape index (κ3) is 3430. The molecule has 160 valence electrons. The molecule has 0 aromatic heterocycles. The van der Waals surface area contributed by atoms with Crippen molar-refractivity contribution in [3.63, 3.8) is 0 Å². The first-order chi connectivity index (χ1) is 10.0. The summed E-state index contributed by atoms with van der Waals surface area (Å²) in [5, 5.41) is 0. The van der Waals surface area contributed by atoms with Crippen LogP contribution < -0.4 is 75.9 Å². The summed E-state index contributed by atoms with van der Waals surface area (Å²) in [6.07, 6.45) is 0. The maximum atomic E-state index is 8.77. The van der Waals surface area contributed by atoms with Crippen molar-refractivity contribution in [2.24, 2.45) is 0 Å². The van der Waals surface area contributed by atoms with Gasteiger partial charge in [0.15, 0.2) is 0 Å². The fourth-order valence-electron chi connectivity index (χ4n) is 0. The molecule has 0 amide bonds. The summed E-state index contributed by atoms with van der Waals surface area (Å²) in [5.74, 6) is 0. The maximum absolute atomic E-state index is 8.77. The predicted octanol–water partition coefficient (Wildman–Crippen LogP) is -11.2. The van der Waals surface area contributed by atoms with Crippen molar-refractivity contribution in [1.82, 2.24) is 0 Å². The van der Waals surface area contributed by atoms with E-state index in [1.165, 1.54) is 0 Å². The molecule has 20 nitrogen and oxygen atoms in total. The molecule has 0 aliphatic rings. The van der Waals surface area contributed by atoms with Crippen LogP contribution in [0.3, 0.4) is 0 Å². The van der Waals surface area contributed by atoms with Gasteiger partial charge in [-0.1, -0.05) is 0 Å².